The lowest BCUT2D eigenvalue weighted by Gasteiger charge is -2.15. The Morgan fingerprint density at radius 2 is 2.19 bits per heavy atom. The highest BCUT2D eigenvalue weighted by molar-refractivity contribution is 7.09. The number of nitrogens with zero attached hydrogens (tertiary/aromatic N) is 2. The molecular weight excluding hydrogens is 285 g/mol. The number of halogens is 1. The van der Waals surface area contributed by atoms with Crippen molar-refractivity contribution in [3.63, 3.8) is 0 Å². The Hall–Kier alpha value is -1.30. The first-order chi connectivity index (χ1) is 10.2. The molecular formula is C16H22FN3S. The molecule has 0 saturated carbocycles. The summed E-state index contributed by atoms with van der Waals surface area (Å²) in [6.07, 6.45) is 1.13. The predicted molar refractivity (Wildman–Crippen MR) is 85.7 cm³/mol. The van der Waals surface area contributed by atoms with Crippen molar-refractivity contribution in [2.24, 2.45) is 0 Å². The summed E-state index contributed by atoms with van der Waals surface area (Å²) in [5.41, 5.74) is 2.06. The van der Waals surface area contributed by atoms with Crippen LogP contribution in [0.4, 0.5) is 4.39 Å². The number of nitrogens with one attached hydrogen (secondary N) is 1. The Kier molecular flexibility index (Phi) is 6.29. The van der Waals surface area contributed by atoms with Gasteiger partial charge < -0.3 is 5.32 Å². The van der Waals surface area contributed by atoms with Crippen LogP contribution in [0.25, 0.3) is 0 Å². The summed E-state index contributed by atoms with van der Waals surface area (Å²) in [7, 11) is 2.03. The maximum Gasteiger partial charge on any atom is 0.123 e. The van der Waals surface area contributed by atoms with E-state index in [0.29, 0.717) is 0 Å². The molecule has 0 aliphatic carbocycles. The number of thiazole rings is 1. The Morgan fingerprint density at radius 3 is 2.95 bits per heavy atom. The van der Waals surface area contributed by atoms with E-state index >= 15 is 0 Å². The minimum absolute atomic E-state index is 0.182. The van der Waals surface area contributed by atoms with Crippen molar-refractivity contribution < 1.29 is 4.39 Å². The second kappa shape index (κ2) is 8.22. The van der Waals surface area contributed by atoms with Gasteiger partial charge in [-0.3, -0.25) is 4.90 Å². The Labute approximate surface area is 129 Å². The van der Waals surface area contributed by atoms with Crippen molar-refractivity contribution >= 4 is 11.3 Å². The van der Waals surface area contributed by atoms with Crippen LogP contribution in [0.5, 0.6) is 0 Å². The van der Waals surface area contributed by atoms with E-state index in [9.17, 15) is 4.39 Å². The van der Waals surface area contributed by atoms with Gasteiger partial charge in [0.25, 0.3) is 0 Å². The molecule has 1 N–H and O–H groups in total. The molecule has 0 fully saturated rings. The zero-order valence-electron chi connectivity index (χ0n) is 12.6. The van der Waals surface area contributed by atoms with Crippen molar-refractivity contribution in [3.8, 4) is 0 Å². The molecule has 0 radical (unpaired) electrons. The van der Waals surface area contributed by atoms with Gasteiger partial charge in [0, 0.05) is 25.0 Å². The van der Waals surface area contributed by atoms with Crippen LogP contribution in [-0.4, -0.2) is 23.5 Å². The van der Waals surface area contributed by atoms with Crippen LogP contribution in [0, 0.1) is 5.82 Å². The number of rotatable bonds is 8. The SMILES string of the molecule is CCCNCc1nc(CN(C)Cc2cccc(F)c2)cs1. The normalized spacial score (nSPS) is 11.2. The fraction of sp³-hybridized carbons (Fsp3) is 0.438. The molecule has 1 aromatic carbocycles. The highest BCUT2D eigenvalue weighted by atomic mass is 32.1. The standard InChI is InChI=1S/C16H22FN3S/c1-3-7-18-9-16-19-15(12-21-16)11-20(2)10-13-5-4-6-14(17)8-13/h4-6,8,12,18H,3,7,9-11H2,1-2H3. The molecule has 0 unspecified atom stereocenters. The van der Waals surface area contributed by atoms with Gasteiger partial charge in [-0.1, -0.05) is 19.1 Å². The smallest absolute Gasteiger partial charge is 0.123 e. The summed E-state index contributed by atoms with van der Waals surface area (Å²) < 4.78 is 13.2. The average Bonchev–Trinajstić information content (AvgIpc) is 2.86. The fourth-order valence-corrected chi connectivity index (χ4v) is 2.91. The highest BCUT2D eigenvalue weighted by Crippen LogP contribution is 2.13. The van der Waals surface area contributed by atoms with Crippen molar-refractivity contribution in [3.05, 3.63) is 51.7 Å². The third kappa shape index (κ3) is 5.53. The molecule has 0 atom stereocenters. The van der Waals surface area contributed by atoms with Crippen LogP contribution < -0.4 is 5.32 Å². The monoisotopic (exact) mass is 307 g/mol. The molecule has 0 amide bonds. The maximum absolute atomic E-state index is 13.2. The summed E-state index contributed by atoms with van der Waals surface area (Å²) in [5, 5.41) is 6.58. The van der Waals surface area contributed by atoms with Gasteiger partial charge in [-0.05, 0) is 37.7 Å². The molecule has 0 aliphatic rings. The maximum atomic E-state index is 13.2. The van der Waals surface area contributed by atoms with Crippen LogP contribution in [0.15, 0.2) is 29.6 Å². The number of hydrogen-bond donors (Lipinski definition) is 1. The lowest BCUT2D eigenvalue weighted by molar-refractivity contribution is 0.315. The van der Waals surface area contributed by atoms with E-state index in [4.69, 9.17) is 0 Å². The van der Waals surface area contributed by atoms with Crippen LogP contribution in [-0.2, 0) is 19.6 Å². The van der Waals surface area contributed by atoms with E-state index in [1.165, 1.54) is 6.07 Å². The fourth-order valence-electron chi connectivity index (χ4n) is 2.15. The molecule has 21 heavy (non-hydrogen) atoms. The topological polar surface area (TPSA) is 28.2 Å². The average molecular weight is 307 g/mol. The lowest BCUT2D eigenvalue weighted by atomic mass is 10.2. The van der Waals surface area contributed by atoms with E-state index in [-0.39, 0.29) is 5.82 Å². The van der Waals surface area contributed by atoms with E-state index in [1.54, 1.807) is 23.5 Å². The van der Waals surface area contributed by atoms with Crippen molar-refractivity contribution in [2.75, 3.05) is 13.6 Å². The first-order valence-corrected chi connectivity index (χ1v) is 8.12. The predicted octanol–water partition coefficient (Wildman–Crippen LogP) is 3.41. The van der Waals surface area contributed by atoms with Gasteiger partial charge >= 0.3 is 0 Å². The minimum atomic E-state index is -0.182. The summed E-state index contributed by atoms with van der Waals surface area (Å²) in [5.74, 6) is -0.182. The molecule has 0 bridgehead atoms. The van der Waals surface area contributed by atoms with Crippen LogP contribution in [0.2, 0.25) is 0 Å². The number of aromatic nitrogens is 1. The zero-order valence-corrected chi connectivity index (χ0v) is 13.4. The van der Waals surface area contributed by atoms with E-state index in [0.717, 1.165) is 48.9 Å². The van der Waals surface area contributed by atoms with Gasteiger partial charge in [-0.15, -0.1) is 11.3 Å². The van der Waals surface area contributed by atoms with Gasteiger partial charge in [0.15, 0.2) is 0 Å². The van der Waals surface area contributed by atoms with Gasteiger partial charge in [-0.2, -0.15) is 0 Å². The van der Waals surface area contributed by atoms with Crippen LogP contribution in [0.3, 0.4) is 0 Å². The molecule has 0 aliphatic heterocycles. The molecule has 3 nitrogen and oxygen atoms in total. The minimum Gasteiger partial charge on any atom is -0.310 e. The second-order valence-electron chi connectivity index (χ2n) is 5.21. The summed E-state index contributed by atoms with van der Waals surface area (Å²) in [6.45, 7) is 5.52. The Morgan fingerprint density at radius 1 is 1.33 bits per heavy atom. The van der Waals surface area contributed by atoms with Gasteiger partial charge in [0.2, 0.25) is 0 Å². The molecule has 5 heteroatoms. The largest absolute Gasteiger partial charge is 0.310 e. The van der Waals surface area contributed by atoms with Gasteiger partial charge in [-0.25, -0.2) is 9.37 Å². The van der Waals surface area contributed by atoms with Crippen molar-refractivity contribution in [1.29, 1.82) is 0 Å². The molecule has 114 valence electrons. The third-order valence-electron chi connectivity index (χ3n) is 3.08. The molecule has 0 saturated heterocycles. The summed E-state index contributed by atoms with van der Waals surface area (Å²) >= 11 is 1.69. The second-order valence-corrected chi connectivity index (χ2v) is 6.15. The van der Waals surface area contributed by atoms with E-state index in [1.807, 2.05) is 13.1 Å². The van der Waals surface area contributed by atoms with Gasteiger partial charge in [0.1, 0.15) is 10.8 Å². The first-order valence-electron chi connectivity index (χ1n) is 7.24. The zero-order chi connectivity index (χ0) is 15.1. The molecule has 0 spiro atoms. The number of benzene rings is 1. The van der Waals surface area contributed by atoms with Crippen LogP contribution in [0.1, 0.15) is 29.6 Å². The molecule has 1 aromatic heterocycles. The Bertz CT molecular complexity index is 556. The first kappa shape index (κ1) is 16.1. The molecule has 2 rings (SSSR count). The van der Waals surface area contributed by atoms with Crippen LogP contribution >= 0.6 is 11.3 Å². The molecule has 1 heterocycles. The van der Waals surface area contributed by atoms with E-state index < -0.39 is 0 Å². The summed E-state index contributed by atoms with van der Waals surface area (Å²) in [4.78, 5) is 6.77. The van der Waals surface area contributed by atoms with Crippen molar-refractivity contribution in [2.45, 2.75) is 33.0 Å². The number of hydrogen-bond acceptors (Lipinski definition) is 4. The van der Waals surface area contributed by atoms with E-state index in [2.05, 4.69) is 27.5 Å². The molecule has 2 aromatic rings. The van der Waals surface area contributed by atoms with Gasteiger partial charge in [0.05, 0.1) is 5.69 Å². The lowest BCUT2D eigenvalue weighted by Crippen LogP contribution is -2.18. The van der Waals surface area contributed by atoms with Crippen molar-refractivity contribution in [1.82, 2.24) is 15.2 Å². The highest BCUT2D eigenvalue weighted by Gasteiger charge is 2.06. The quantitative estimate of drug-likeness (QED) is 0.758. The third-order valence-corrected chi connectivity index (χ3v) is 3.97. The Balaban J connectivity index is 1.83. The summed E-state index contributed by atoms with van der Waals surface area (Å²) in [6, 6.07) is 6.75.